The van der Waals surface area contributed by atoms with Crippen LogP contribution in [0.15, 0.2) is 60.9 Å². The van der Waals surface area contributed by atoms with Crippen molar-refractivity contribution in [3.8, 4) is 5.75 Å². The SMILES string of the molecule is COc1cc(NC(=O)Cc2ccc3c(c2)CCC3)ccc1NC(=O)c1cccnc1. The maximum Gasteiger partial charge on any atom is 0.257 e. The van der Waals surface area contributed by atoms with Gasteiger partial charge >= 0.3 is 0 Å². The van der Waals surface area contributed by atoms with Gasteiger partial charge in [0.25, 0.3) is 5.91 Å². The molecule has 2 N–H and O–H groups in total. The van der Waals surface area contributed by atoms with Crippen molar-refractivity contribution in [1.82, 2.24) is 4.98 Å². The summed E-state index contributed by atoms with van der Waals surface area (Å²) in [6, 6.07) is 14.8. The summed E-state index contributed by atoms with van der Waals surface area (Å²) >= 11 is 0. The summed E-state index contributed by atoms with van der Waals surface area (Å²) in [5.74, 6) is 0.0829. The number of pyridine rings is 1. The highest BCUT2D eigenvalue weighted by Gasteiger charge is 2.14. The van der Waals surface area contributed by atoms with E-state index in [-0.39, 0.29) is 11.8 Å². The number of nitrogens with zero attached hydrogens (tertiary/aromatic N) is 1. The van der Waals surface area contributed by atoms with E-state index in [1.54, 1.807) is 36.5 Å². The summed E-state index contributed by atoms with van der Waals surface area (Å²) in [5.41, 5.74) is 5.34. The second-order valence-electron chi connectivity index (χ2n) is 7.29. The number of ether oxygens (including phenoxy) is 1. The van der Waals surface area contributed by atoms with Gasteiger partial charge in [-0.1, -0.05) is 18.2 Å². The van der Waals surface area contributed by atoms with Crippen LogP contribution in [0.2, 0.25) is 0 Å². The van der Waals surface area contributed by atoms with Crippen LogP contribution in [-0.4, -0.2) is 23.9 Å². The summed E-state index contributed by atoms with van der Waals surface area (Å²) in [4.78, 5) is 28.8. The van der Waals surface area contributed by atoms with E-state index in [0.29, 0.717) is 29.1 Å². The third-order valence-corrected chi connectivity index (χ3v) is 5.18. The standard InChI is InChI=1S/C24H23N3O3/c1-30-22-14-20(9-10-21(22)27-24(29)19-6-3-11-25-15-19)26-23(28)13-16-7-8-17-4-2-5-18(17)12-16/h3,6-12,14-15H,2,4-5,13H2,1H3,(H,26,28)(H,27,29). The normalized spacial score (nSPS) is 12.2. The van der Waals surface area contributed by atoms with Crippen LogP contribution in [0.25, 0.3) is 0 Å². The van der Waals surface area contributed by atoms with Crippen molar-refractivity contribution in [2.45, 2.75) is 25.7 Å². The number of aryl methyl sites for hydroxylation is 2. The number of fused-ring (bicyclic) bond motifs is 1. The fourth-order valence-corrected chi connectivity index (χ4v) is 3.69. The van der Waals surface area contributed by atoms with Gasteiger partial charge in [0.1, 0.15) is 5.75 Å². The number of nitrogens with one attached hydrogen (secondary N) is 2. The fraction of sp³-hybridized carbons (Fsp3) is 0.208. The van der Waals surface area contributed by atoms with Crippen LogP contribution in [0.5, 0.6) is 5.75 Å². The van der Waals surface area contributed by atoms with Crippen molar-refractivity contribution in [2.24, 2.45) is 0 Å². The number of benzene rings is 2. The van der Waals surface area contributed by atoms with Crippen molar-refractivity contribution >= 4 is 23.2 Å². The lowest BCUT2D eigenvalue weighted by molar-refractivity contribution is -0.115. The van der Waals surface area contributed by atoms with E-state index in [4.69, 9.17) is 4.74 Å². The first-order valence-corrected chi connectivity index (χ1v) is 9.92. The highest BCUT2D eigenvalue weighted by Crippen LogP contribution is 2.29. The number of anilines is 2. The van der Waals surface area contributed by atoms with Gasteiger partial charge in [-0.3, -0.25) is 14.6 Å². The first kappa shape index (κ1) is 19.6. The monoisotopic (exact) mass is 401 g/mol. The van der Waals surface area contributed by atoms with Gasteiger partial charge < -0.3 is 15.4 Å². The summed E-state index contributed by atoms with van der Waals surface area (Å²) in [6.45, 7) is 0. The molecule has 30 heavy (non-hydrogen) atoms. The van der Waals surface area contributed by atoms with E-state index in [1.807, 2.05) is 6.07 Å². The lowest BCUT2D eigenvalue weighted by Gasteiger charge is -2.13. The second kappa shape index (κ2) is 8.78. The minimum absolute atomic E-state index is 0.0952. The topological polar surface area (TPSA) is 80.3 Å². The molecule has 0 saturated heterocycles. The Morgan fingerprint density at radius 3 is 2.70 bits per heavy atom. The molecule has 4 rings (SSSR count). The molecule has 3 aromatic rings. The smallest absolute Gasteiger partial charge is 0.257 e. The lowest BCUT2D eigenvalue weighted by atomic mass is 10.0. The molecular weight excluding hydrogens is 378 g/mol. The number of carbonyl (C=O) groups excluding carboxylic acids is 2. The van der Waals surface area contributed by atoms with E-state index >= 15 is 0 Å². The number of hydrogen-bond acceptors (Lipinski definition) is 4. The van der Waals surface area contributed by atoms with Gasteiger partial charge in [0.05, 0.1) is 24.8 Å². The average Bonchev–Trinajstić information content (AvgIpc) is 3.23. The van der Waals surface area contributed by atoms with Gasteiger partial charge in [0.2, 0.25) is 5.91 Å². The quantitative estimate of drug-likeness (QED) is 0.654. The van der Waals surface area contributed by atoms with Gasteiger partial charge in [0, 0.05) is 24.1 Å². The van der Waals surface area contributed by atoms with Gasteiger partial charge in [-0.15, -0.1) is 0 Å². The van der Waals surface area contributed by atoms with Gasteiger partial charge in [0.15, 0.2) is 0 Å². The molecule has 0 spiro atoms. The summed E-state index contributed by atoms with van der Waals surface area (Å²) < 4.78 is 5.39. The maximum absolute atomic E-state index is 12.5. The molecule has 6 nitrogen and oxygen atoms in total. The first-order chi connectivity index (χ1) is 14.6. The van der Waals surface area contributed by atoms with Crippen LogP contribution in [0.3, 0.4) is 0 Å². The third-order valence-electron chi connectivity index (χ3n) is 5.18. The molecule has 1 heterocycles. The molecule has 0 unspecified atom stereocenters. The molecule has 0 fully saturated rings. The summed E-state index contributed by atoms with van der Waals surface area (Å²) in [5, 5.41) is 5.71. The summed E-state index contributed by atoms with van der Waals surface area (Å²) in [7, 11) is 1.52. The predicted octanol–water partition coefficient (Wildman–Crippen LogP) is 4.01. The minimum atomic E-state index is -0.283. The van der Waals surface area contributed by atoms with Crippen LogP contribution in [0, 0.1) is 0 Å². The Bertz CT molecular complexity index is 1080. The third kappa shape index (κ3) is 4.49. The Hall–Kier alpha value is -3.67. The van der Waals surface area contributed by atoms with Crippen LogP contribution in [0.1, 0.15) is 33.5 Å². The van der Waals surface area contributed by atoms with Crippen molar-refractivity contribution in [1.29, 1.82) is 0 Å². The molecular formula is C24H23N3O3. The van der Waals surface area contributed by atoms with E-state index in [2.05, 4.69) is 27.8 Å². The highest BCUT2D eigenvalue weighted by molar-refractivity contribution is 6.05. The zero-order chi connectivity index (χ0) is 20.9. The fourth-order valence-electron chi connectivity index (χ4n) is 3.69. The van der Waals surface area contributed by atoms with Crippen LogP contribution >= 0.6 is 0 Å². The van der Waals surface area contributed by atoms with E-state index in [0.717, 1.165) is 18.4 Å². The van der Waals surface area contributed by atoms with Gasteiger partial charge in [-0.05, 0) is 60.2 Å². The minimum Gasteiger partial charge on any atom is -0.494 e. The van der Waals surface area contributed by atoms with E-state index in [9.17, 15) is 9.59 Å². The van der Waals surface area contributed by atoms with Crippen LogP contribution < -0.4 is 15.4 Å². The molecule has 152 valence electrons. The van der Waals surface area contributed by atoms with Crippen molar-refractivity contribution in [3.63, 3.8) is 0 Å². The second-order valence-corrected chi connectivity index (χ2v) is 7.29. The van der Waals surface area contributed by atoms with E-state index < -0.39 is 0 Å². The molecule has 2 amide bonds. The number of methoxy groups -OCH3 is 1. The molecule has 0 bridgehead atoms. The Labute approximate surface area is 175 Å². The van der Waals surface area contributed by atoms with Crippen molar-refractivity contribution in [2.75, 3.05) is 17.7 Å². The Kier molecular flexibility index (Phi) is 5.75. The number of carbonyl (C=O) groups is 2. The largest absolute Gasteiger partial charge is 0.494 e. The number of aromatic nitrogens is 1. The zero-order valence-corrected chi connectivity index (χ0v) is 16.8. The lowest BCUT2D eigenvalue weighted by Crippen LogP contribution is -2.15. The molecule has 1 aromatic heterocycles. The van der Waals surface area contributed by atoms with Crippen molar-refractivity contribution in [3.05, 3.63) is 83.2 Å². The maximum atomic E-state index is 12.5. The van der Waals surface area contributed by atoms with Gasteiger partial charge in [-0.2, -0.15) is 0 Å². The van der Waals surface area contributed by atoms with Crippen LogP contribution in [-0.2, 0) is 24.1 Å². The molecule has 1 aliphatic carbocycles. The Balaban J connectivity index is 1.42. The average molecular weight is 401 g/mol. The predicted molar refractivity (Wildman–Crippen MR) is 116 cm³/mol. The molecule has 0 atom stereocenters. The molecule has 0 radical (unpaired) electrons. The molecule has 0 saturated carbocycles. The van der Waals surface area contributed by atoms with E-state index in [1.165, 1.54) is 30.9 Å². The highest BCUT2D eigenvalue weighted by atomic mass is 16.5. The van der Waals surface area contributed by atoms with Gasteiger partial charge in [-0.25, -0.2) is 0 Å². The van der Waals surface area contributed by atoms with Crippen LogP contribution in [0.4, 0.5) is 11.4 Å². The number of amides is 2. The molecule has 6 heteroatoms. The van der Waals surface area contributed by atoms with Crippen molar-refractivity contribution < 1.29 is 14.3 Å². The molecule has 0 aliphatic heterocycles. The summed E-state index contributed by atoms with van der Waals surface area (Å²) in [6.07, 6.45) is 6.83. The number of rotatable bonds is 6. The Morgan fingerprint density at radius 2 is 1.90 bits per heavy atom. The zero-order valence-electron chi connectivity index (χ0n) is 16.8. The number of hydrogen-bond donors (Lipinski definition) is 2. The first-order valence-electron chi connectivity index (χ1n) is 9.92. The molecule has 1 aliphatic rings. The Morgan fingerprint density at radius 1 is 1.03 bits per heavy atom. The molecule has 2 aromatic carbocycles.